The summed E-state index contributed by atoms with van der Waals surface area (Å²) >= 11 is 1.36. The molecular weight excluding hydrogens is 264 g/mol. The van der Waals surface area contributed by atoms with Crippen molar-refractivity contribution in [3.8, 4) is 5.75 Å². The van der Waals surface area contributed by atoms with E-state index in [-0.39, 0.29) is 12.5 Å². The number of carbonyl (C=O) groups excluding carboxylic acids is 2. The lowest BCUT2D eigenvalue weighted by Gasteiger charge is -2.07. The number of thiophene rings is 1. The predicted molar refractivity (Wildman–Crippen MR) is 73.4 cm³/mol. The number of carbonyl (C=O) groups is 2. The molecule has 19 heavy (non-hydrogen) atoms. The van der Waals surface area contributed by atoms with E-state index in [1.165, 1.54) is 11.3 Å². The minimum atomic E-state index is -0.548. The van der Waals surface area contributed by atoms with Gasteiger partial charge in [0.25, 0.3) is 11.8 Å². The second-order valence-electron chi connectivity index (χ2n) is 3.71. The summed E-state index contributed by atoms with van der Waals surface area (Å²) in [5, 5.41) is 4.58. The second kappa shape index (κ2) is 6.01. The number of hydrogen-bond acceptors (Lipinski definition) is 4. The Balaban J connectivity index is 2.02. The average Bonchev–Trinajstić information content (AvgIpc) is 2.91. The number of rotatable bonds is 5. The quantitative estimate of drug-likeness (QED) is 0.874. The number of amides is 2. The highest BCUT2D eigenvalue weighted by Crippen LogP contribution is 2.19. The number of hydrogen-bond donors (Lipinski definition) is 2. The molecule has 0 bridgehead atoms. The number of primary amides is 1. The van der Waals surface area contributed by atoms with Crippen molar-refractivity contribution in [3.63, 3.8) is 0 Å². The summed E-state index contributed by atoms with van der Waals surface area (Å²) in [5.74, 6) is -0.252. The van der Waals surface area contributed by atoms with Crippen LogP contribution in [0.5, 0.6) is 5.75 Å². The minimum Gasteiger partial charge on any atom is -0.484 e. The first-order chi connectivity index (χ1) is 9.15. The number of nitrogens with two attached hydrogens (primary N) is 1. The van der Waals surface area contributed by atoms with Crippen molar-refractivity contribution in [3.05, 3.63) is 46.7 Å². The first-order valence-electron chi connectivity index (χ1n) is 5.51. The van der Waals surface area contributed by atoms with Crippen molar-refractivity contribution in [2.75, 3.05) is 11.9 Å². The number of ether oxygens (including phenoxy) is 1. The third-order valence-corrected chi connectivity index (χ3v) is 3.09. The van der Waals surface area contributed by atoms with Crippen LogP contribution in [0.4, 0.5) is 5.69 Å². The van der Waals surface area contributed by atoms with Gasteiger partial charge in [-0.2, -0.15) is 0 Å². The van der Waals surface area contributed by atoms with Crippen LogP contribution in [0.1, 0.15) is 9.67 Å². The molecule has 0 aliphatic carbocycles. The Labute approximate surface area is 114 Å². The Morgan fingerprint density at radius 2 is 2.11 bits per heavy atom. The summed E-state index contributed by atoms with van der Waals surface area (Å²) in [7, 11) is 0. The molecule has 3 N–H and O–H groups in total. The Kier molecular flexibility index (Phi) is 4.15. The van der Waals surface area contributed by atoms with Gasteiger partial charge in [-0.15, -0.1) is 11.3 Å². The number of benzene rings is 1. The van der Waals surface area contributed by atoms with Gasteiger partial charge < -0.3 is 15.8 Å². The molecule has 98 valence electrons. The Morgan fingerprint density at radius 1 is 1.26 bits per heavy atom. The molecule has 0 radical (unpaired) electrons. The van der Waals surface area contributed by atoms with E-state index in [0.29, 0.717) is 16.3 Å². The maximum atomic E-state index is 11.8. The van der Waals surface area contributed by atoms with Gasteiger partial charge in [-0.3, -0.25) is 9.59 Å². The fraction of sp³-hybridized carbons (Fsp3) is 0.0769. The predicted octanol–water partition coefficient (Wildman–Crippen LogP) is 1.86. The molecule has 0 saturated heterocycles. The van der Waals surface area contributed by atoms with Crippen LogP contribution in [0.15, 0.2) is 41.8 Å². The van der Waals surface area contributed by atoms with Gasteiger partial charge in [0.1, 0.15) is 5.75 Å². The molecule has 1 heterocycles. The zero-order chi connectivity index (χ0) is 13.7. The highest BCUT2D eigenvalue weighted by atomic mass is 32.1. The SMILES string of the molecule is NC(=O)COc1cccc(NC(=O)c2cccs2)c1. The van der Waals surface area contributed by atoms with Crippen LogP contribution in [-0.4, -0.2) is 18.4 Å². The van der Waals surface area contributed by atoms with Gasteiger partial charge in [0.05, 0.1) is 4.88 Å². The number of anilines is 1. The van der Waals surface area contributed by atoms with Crippen LogP contribution < -0.4 is 15.8 Å². The summed E-state index contributed by atoms with van der Waals surface area (Å²) in [5.41, 5.74) is 5.59. The van der Waals surface area contributed by atoms with E-state index < -0.39 is 5.91 Å². The first-order valence-corrected chi connectivity index (χ1v) is 6.39. The van der Waals surface area contributed by atoms with Crippen molar-refractivity contribution in [2.24, 2.45) is 5.73 Å². The lowest BCUT2D eigenvalue weighted by Crippen LogP contribution is -2.20. The zero-order valence-electron chi connectivity index (χ0n) is 9.96. The van der Waals surface area contributed by atoms with Crippen LogP contribution in [0.2, 0.25) is 0 Å². The van der Waals surface area contributed by atoms with E-state index in [9.17, 15) is 9.59 Å². The van der Waals surface area contributed by atoms with Crippen molar-refractivity contribution in [1.29, 1.82) is 0 Å². The molecule has 2 aromatic rings. The molecule has 2 rings (SSSR count). The molecule has 0 aliphatic heterocycles. The van der Waals surface area contributed by atoms with Crippen LogP contribution in [0, 0.1) is 0 Å². The highest BCUT2D eigenvalue weighted by molar-refractivity contribution is 7.12. The van der Waals surface area contributed by atoms with Crippen LogP contribution >= 0.6 is 11.3 Å². The Bertz CT molecular complexity index is 581. The van der Waals surface area contributed by atoms with Gasteiger partial charge in [0.15, 0.2) is 6.61 Å². The van der Waals surface area contributed by atoms with E-state index in [1.54, 1.807) is 30.3 Å². The van der Waals surface area contributed by atoms with Gasteiger partial charge in [0, 0.05) is 11.8 Å². The molecule has 0 saturated carbocycles. The molecule has 5 nitrogen and oxygen atoms in total. The first kappa shape index (κ1) is 13.1. The molecule has 0 atom stereocenters. The van der Waals surface area contributed by atoms with Gasteiger partial charge in [-0.05, 0) is 23.6 Å². The smallest absolute Gasteiger partial charge is 0.265 e. The maximum Gasteiger partial charge on any atom is 0.265 e. The van der Waals surface area contributed by atoms with Gasteiger partial charge in [0.2, 0.25) is 0 Å². The largest absolute Gasteiger partial charge is 0.484 e. The Morgan fingerprint density at radius 3 is 2.79 bits per heavy atom. The summed E-state index contributed by atoms with van der Waals surface area (Å²) < 4.78 is 5.16. The third-order valence-electron chi connectivity index (χ3n) is 2.22. The summed E-state index contributed by atoms with van der Waals surface area (Å²) in [4.78, 5) is 23.1. The molecule has 2 amide bonds. The zero-order valence-corrected chi connectivity index (χ0v) is 10.8. The molecule has 0 spiro atoms. The average molecular weight is 276 g/mol. The third kappa shape index (κ3) is 3.82. The van der Waals surface area contributed by atoms with E-state index in [2.05, 4.69) is 5.32 Å². The van der Waals surface area contributed by atoms with E-state index >= 15 is 0 Å². The second-order valence-corrected chi connectivity index (χ2v) is 4.66. The molecule has 6 heteroatoms. The lowest BCUT2D eigenvalue weighted by molar-refractivity contribution is -0.119. The van der Waals surface area contributed by atoms with Crippen LogP contribution in [-0.2, 0) is 4.79 Å². The molecule has 0 fully saturated rings. The topological polar surface area (TPSA) is 81.4 Å². The van der Waals surface area contributed by atoms with E-state index in [0.717, 1.165) is 0 Å². The highest BCUT2D eigenvalue weighted by Gasteiger charge is 2.07. The van der Waals surface area contributed by atoms with Gasteiger partial charge >= 0.3 is 0 Å². The lowest BCUT2D eigenvalue weighted by atomic mass is 10.3. The number of nitrogens with one attached hydrogen (secondary N) is 1. The molecule has 0 unspecified atom stereocenters. The molecule has 0 aliphatic rings. The van der Waals surface area contributed by atoms with Crippen LogP contribution in [0.25, 0.3) is 0 Å². The van der Waals surface area contributed by atoms with Crippen molar-refractivity contribution < 1.29 is 14.3 Å². The van der Waals surface area contributed by atoms with Crippen molar-refractivity contribution in [2.45, 2.75) is 0 Å². The van der Waals surface area contributed by atoms with E-state index in [4.69, 9.17) is 10.5 Å². The molecule has 1 aromatic carbocycles. The summed E-state index contributed by atoms with van der Waals surface area (Å²) in [6.45, 7) is -0.192. The molecule has 1 aromatic heterocycles. The van der Waals surface area contributed by atoms with Gasteiger partial charge in [-0.25, -0.2) is 0 Å². The monoisotopic (exact) mass is 276 g/mol. The van der Waals surface area contributed by atoms with Gasteiger partial charge in [-0.1, -0.05) is 12.1 Å². The molecular formula is C13H12N2O3S. The van der Waals surface area contributed by atoms with E-state index in [1.807, 2.05) is 11.4 Å². The Hall–Kier alpha value is -2.34. The maximum absolute atomic E-state index is 11.8. The van der Waals surface area contributed by atoms with Crippen molar-refractivity contribution >= 4 is 28.8 Å². The van der Waals surface area contributed by atoms with Crippen molar-refractivity contribution in [1.82, 2.24) is 0 Å². The standard InChI is InChI=1S/C13H12N2O3S/c14-12(16)8-18-10-4-1-3-9(7-10)15-13(17)11-5-2-6-19-11/h1-7H,8H2,(H2,14,16)(H,15,17). The summed E-state index contributed by atoms with van der Waals surface area (Å²) in [6, 6.07) is 10.3. The fourth-order valence-corrected chi connectivity index (χ4v) is 2.04. The minimum absolute atomic E-state index is 0.179. The normalized spacial score (nSPS) is 9.89. The summed E-state index contributed by atoms with van der Waals surface area (Å²) in [6.07, 6.45) is 0. The fourth-order valence-electron chi connectivity index (χ4n) is 1.42. The van der Waals surface area contributed by atoms with Crippen LogP contribution in [0.3, 0.4) is 0 Å².